The molecule has 1 aromatic carbocycles. The highest BCUT2D eigenvalue weighted by Gasteiger charge is 2.21. The lowest BCUT2D eigenvalue weighted by Crippen LogP contribution is -2.41. The molecule has 4 amide bonds. The van der Waals surface area contributed by atoms with Gasteiger partial charge in [0.05, 0.1) is 30.3 Å². The van der Waals surface area contributed by atoms with Crippen molar-refractivity contribution in [3.63, 3.8) is 0 Å². The first-order valence-corrected chi connectivity index (χ1v) is 15.1. The van der Waals surface area contributed by atoms with Crippen LogP contribution in [0.25, 0.3) is 0 Å². The maximum Gasteiger partial charge on any atom is 0.272 e. The lowest BCUT2D eigenvalue weighted by Gasteiger charge is -2.26. The van der Waals surface area contributed by atoms with Crippen LogP contribution < -0.4 is 30.7 Å². The predicted octanol–water partition coefficient (Wildman–Crippen LogP) is 2.25. The first kappa shape index (κ1) is 31.4. The SMILES string of the molecule is Cn1cc(NC(=O)c2cc(NC(=O)c3cc(NC(=O)c4ccc5c(c4)OCO5)cn3C)cn2C)cc1C(=O)NCCN1CCOCC1. The van der Waals surface area contributed by atoms with E-state index in [1.54, 1.807) is 89.8 Å². The van der Waals surface area contributed by atoms with Crippen molar-refractivity contribution >= 4 is 40.7 Å². The molecule has 1 saturated heterocycles. The second-order valence-electron chi connectivity index (χ2n) is 11.3. The number of hydrogen-bond donors (Lipinski definition) is 4. The molecular weight excluding hydrogens is 608 g/mol. The fourth-order valence-electron chi connectivity index (χ4n) is 5.45. The van der Waals surface area contributed by atoms with Gasteiger partial charge < -0.3 is 49.2 Å². The molecule has 2 aliphatic rings. The van der Waals surface area contributed by atoms with E-state index >= 15 is 0 Å². The van der Waals surface area contributed by atoms with Crippen molar-refractivity contribution in [2.24, 2.45) is 21.1 Å². The van der Waals surface area contributed by atoms with Crippen molar-refractivity contribution in [2.75, 3.05) is 62.1 Å². The molecule has 0 aliphatic carbocycles. The lowest BCUT2D eigenvalue weighted by molar-refractivity contribution is 0.0383. The van der Waals surface area contributed by atoms with Gasteiger partial charge in [0.2, 0.25) is 6.79 Å². The van der Waals surface area contributed by atoms with Crippen LogP contribution in [0.3, 0.4) is 0 Å². The smallest absolute Gasteiger partial charge is 0.272 e. The first-order valence-electron chi connectivity index (χ1n) is 15.1. The van der Waals surface area contributed by atoms with Crippen molar-refractivity contribution in [3.8, 4) is 11.5 Å². The van der Waals surface area contributed by atoms with E-state index in [1.165, 1.54) is 0 Å². The van der Waals surface area contributed by atoms with Gasteiger partial charge in [-0.3, -0.25) is 24.1 Å². The molecule has 4 aromatic rings. The molecule has 15 nitrogen and oxygen atoms in total. The summed E-state index contributed by atoms with van der Waals surface area (Å²) >= 11 is 0. The molecule has 15 heteroatoms. The van der Waals surface area contributed by atoms with Crippen molar-refractivity contribution in [2.45, 2.75) is 0 Å². The van der Waals surface area contributed by atoms with Gasteiger partial charge in [0, 0.05) is 71.5 Å². The third-order valence-corrected chi connectivity index (χ3v) is 7.94. The zero-order valence-corrected chi connectivity index (χ0v) is 26.3. The minimum absolute atomic E-state index is 0.107. The second-order valence-corrected chi connectivity index (χ2v) is 11.3. The van der Waals surface area contributed by atoms with Crippen molar-refractivity contribution in [3.05, 3.63) is 77.6 Å². The number of rotatable bonds is 10. The Kier molecular flexibility index (Phi) is 8.99. The molecule has 0 atom stereocenters. The van der Waals surface area contributed by atoms with E-state index in [9.17, 15) is 19.2 Å². The Balaban J connectivity index is 1.04. The van der Waals surface area contributed by atoms with E-state index in [0.29, 0.717) is 71.0 Å². The molecule has 0 unspecified atom stereocenters. The fraction of sp³-hybridized carbons (Fsp3) is 0.312. The van der Waals surface area contributed by atoms with Crippen molar-refractivity contribution < 1.29 is 33.4 Å². The number of aromatic nitrogens is 3. The minimum atomic E-state index is -0.430. The number of hydrogen-bond acceptors (Lipinski definition) is 8. The van der Waals surface area contributed by atoms with Crippen LogP contribution in [0.4, 0.5) is 17.1 Å². The maximum atomic E-state index is 13.2. The molecule has 246 valence electrons. The number of morpholine rings is 1. The number of carbonyl (C=O) groups excluding carboxylic acids is 4. The normalized spacial score (nSPS) is 14.1. The van der Waals surface area contributed by atoms with Gasteiger partial charge in [-0.25, -0.2) is 0 Å². The average Bonchev–Trinajstić information content (AvgIpc) is 3.83. The lowest BCUT2D eigenvalue weighted by atomic mass is 10.2. The van der Waals surface area contributed by atoms with E-state index < -0.39 is 11.8 Å². The third kappa shape index (κ3) is 7.15. The van der Waals surface area contributed by atoms with E-state index in [4.69, 9.17) is 14.2 Å². The number of carbonyl (C=O) groups is 4. The summed E-state index contributed by atoms with van der Waals surface area (Å²) in [6.07, 6.45) is 4.91. The Bertz CT molecular complexity index is 1830. The topological polar surface area (TPSA) is 162 Å². The summed E-state index contributed by atoms with van der Waals surface area (Å²) in [5.74, 6) is -0.373. The average molecular weight is 645 g/mol. The maximum absolute atomic E-state index is 13.2. The predicted molar refractivity (Wildman–Crippen MR) is 172 cm³/mol. The summed E-state index contributed by atoms with van der Waals surface area (Å²) in [4.78, 5) is 54.1. The van der Waals surface area contributed by atoms with Gasteiger partial charge in [-0.2, -0.15) is 0 Å². The summed E-state index contributed by atoms with van der Waals surface area (Å²) in [7, 11) is 5.11. The van der Waals surface area contributed by atoms with E-state index in [2.05, 4.69) is 26.2 Å². The third-order valence-electron chi connectivity index (χ3n) is 7.94. The van der Waals surface area contributed by atoms with Crippen LogP contribution in [0.1, 0.15) is 41.8 Å². The van der Waals surface area contributed by atoms with Crippen LogP contribution in [0.15, 0.2) is 55.0 Å². The number of anilines is 3. The van der Waals surface area contributed by atoms with Crippen LogP contribution in [0, 0.1) is 0 Å². The van der Waals surface area contributed by atoms with Crippen LogP contribution in [-0.2, 0) is 25.9 Å². The monoisotopic (exact) mass is 644 g/mol. The van der Waals surface area contributed by atoms with Gasteiger partial charge >= 0.3 is 0 Å². The van der Waals surface area contributed by atoms with Crippen LogP contribution in [0.5, 0.6) is 11.5 Å². The zero-order chi connectivity index (χ0) is 33.1. The molecule has 6 rings (SSSR count). The highest BCUT2D eigenvalue weighted by molar-refractivity contribution is 6.09. The molecule has 5 heterocycles. The van der Waals surface area contributed by atoms with Crippen molar-refractivity contribution in [1.29, 1.82) is 0 Å². The molecule has 1 fully saturated rings. The molecule has 47 heavy (non-hydrogen) atoms. The molecule has 0 spiro atoms. The molecule has 3 aromatic heterocycles. The van der Waals surface area contributed by atoms with E-state index in [0.717, 1.165) is 19.6 Å². The van der Waals surface area contributed by atoms with Crippen LogP contribution in [0.2, 0.25) is 0 Å². The summed E-state index contributed by atoms with van der Waals surface area (Å²) in [5, 5.41) is 11.4. The van der Waals surface area contributed by atoms with E-state index in [-0.39, 0.29) is 18.6 Å². The second kappa shape index (κ2) is 13.4. The molecule has 0 bridgehead atoms. The summed E-state index contributed by atoms with van der Waals surface area (Å²) in [6.45, 7) is 4.43. The number of fused-ring (bicyclic) bond motifs is 1. The highest BCUT2D eigenvalue weighted by atomic mass is 16.7. The van der Waals surface area contributed by atoms with Gasteiger partial charge in [0.25, 0.3) is 23.6 Å². The largest absolute Gasteiger partial charge is 0.454 e. The van der Waals surface area contributed by atoms with Gasteiger partial charge in [-0.1, -0.05) is 0 Å². The highest BCUT2D eigenvalue weighted by Crippen LogP contribution is 2.32. The number of ether oxygens (including phenoxy) is 3. The molecular formula is C32H36N8O7. The zero-order valence-electron chi connectivity index (χ0n) is 26.3. The molecule has 4 N–H and O–H groups in total. The molecule has 2 aliphatic heterocycles. The Morgan fingerprint density at radius 3 is 1.74 bits per heavy atom. The standard InChI is InChI=1S/C32H36N8O7/c1-37-17-22(13-24(37)30(42)33-6-7-40-8-10-45-11-9-40)35-32(44)26-15-23(18-39(26)3)36-31(43)25-14-21(16-38(25)2)34-29(41)20-4-5-27-28(12-20)47-19-46-27/h4-5,12-18H,6-11,19H2,1-3H3,(H,33,42)(H,34,41)(H,35,44)(H,36,43). The van der Waals surface area contributed by atoms with Gasteiger partial charge in [-0.05, 0) is 36.4 Å². The number of benzene rings is 1. The summed E-state index contributed by atoms with van der Waals surface area (Å²) < 4.78 is 20.8. The summed E-state index contributed by atoms with van der Waals surface area (Å²) in [5.41, 5.74) is 2.68. The van der Waals surface area contributed by atoms with E-state index in [1.807, 2.05) is 0 Å². The molecule has 0 radical (unpaired) electrons. The Morgan fingerprint density at radius 1 is 0.660 bits per heavy atom. The number of nitrogens with one attached hydrogen (secondary N) is 4. The fourth-order valence-corrected chi connectivity index (χ4v) is 5.45. The number of amides is 4. The Morgan fingerprint density at radius 2 is 1.17 bits per heavy atom. The number of aryl methyl sites for hydroxylation is 3. The van der Waals surface area contributed by atoms with Gasteiger partial charge in [0.1, 0.15) is 17.1 Å². The minimum Gasteiger partial charge on any atom is -0.454 e. The van der Waals surface area contributed by atoms with Crippen LogP contribution in [-0.4, -0.2) is 88.4 Å². The summed E-state index contributed by atoms with van der Waals surface area (Å²) in [6, 6.07) is 9.63. The quantitative estimate of drug-likeness (QED) is 0.204. The van der Waals surface area contributed by atoms with Gasteiger partial charge in [0.15, 0.2) is 11.5 Å². The number of nitrogens with zero attached hydrogens (tertiary/aromatic N) is 4. The van der Waals surface area contributed by atoms with Crippen molar-refractivity contribution in [1.82, 2.24) is 23.9 Å². The Hall–Kier alpha value is -5.54. The van der Waals surface area contributed by atoms with Crippen LogP contribution >= 0.6 is 0 Å². The Labute approximate surface area is 270 Å². The first-order chi connectivity index (χ1) is 22.6. The van der Waals surface area contributed by atoms with Gasteiger partial charge in [-0.15, -0.1) is 0 Å². The molecule has 0 saturated carbocycles.